The molecule has 28 heavy (non-hydrogen) atoms. The molecule has 1 amide bonds. The lowest BCUT2D eigenvalue weighted by Crippen LogP contribution is -2.12. The van der Waals surface area contributed by atoms with Gasteiger partial charge in [-0.15, -0.1) is 0 Å². The van der Waals surface area contributed by atoms with Crippen LogP contribution >= 0.6 is 11.6 Å². The molecule has 0 saturated heterocycles. The van der Waals surface area contributed by atoms with Gasteiger partial charge in [0.05, 0.1) is 12.1 Å². The number of primary amides is 1. The number of benzene rings is 3. The fourth-order valence-corrected chi connectivity index (χ4v) is 3.13. The van der Waals surface area contributed by atoms with Gasteiger partial charge in [-0.2, -0.15) is 5.26 Å². The lowest BCUT2D eigenvalue weighted by Gasteiger charge is -2.14. The van der Waals surface area contributed by atoms with Gasteiger partial charge in [0.25, 0.3) is 5.91 Å². The van der Waals surface area contributed by atoms with Crippen LogP contribution in [0, 0.1) is 11.3 Å². The van der Waals surface area contributed by atoms with Crippen molar-refractivity contribution in [2.45, 2.75) is 6.61 Å². The number of nitrogens with two attached hydrogens (primary N) is 1. The maximum Gasteiger partial charge on any atom is 0.259 e. The van der Waals surface area contributed by atoms with Gasteiger partial charge in [-0.1, -0.05) is 54.1 Å². The van der Waals surface area contributed by atoms with Gasteiger partial charge in [0.2, 0.25) is 0 Å². The summed E-state index contributed by atoms with van der Waals surface area (Å²) >= 11 is 6.37. The fourth-order valence-electron chi connectivity index (χ4n) is 2.86. The summed E-state index contributed by atoms with van der Waals surface area (Å²) < 4.78 is 11.3. The van der Waals surface area contributed by atoms with Gasteiger partial charge >= 0.3 is 0 Å². The molecule has 0 saturated carbocycles. The van der Waals surface area contributed by atoms with Gasteiger partial charge in [-0.25, -0.2) is 0 Å². The summed E-state index contributed by atoms with van der Waals surface area (Å²) in [6.07, 6.45) is 1.35. The Balaban J connectivity index is 1.92. The molecule has 0 heterocycles. The molecule has 6 heteroatoms. The second kappa shape index (κ2) is 8.47. The molecule has 0 atom stereocenters. The molecular formula is C22H17ClN2O3. The van der Waals surface area contributed by atoms with Gasteiger partial charge < -0.3 is 15.2 Å². The van der Waals surface area contributed by atoms with Crippen LogP contribution in [0.2, 0.25) is 5.02 Å². The first-order valence-corrected chi connectivity index (χ1v) is 8.80. The third-order valence-electron chi connectivity index (χ3n) is 4.20. The van der Waals surface area contributed by atoms with Crippen LogP contribution in [-0.2, 0) is 11.4 Å². The largest absolute Gasteiger partial charge is 0.493 e. The Morgan fingerprint density at radius 1 is 1.21 bits per heavy atom. The minimum atomic E-state index is -0.811. The standard InChI is InChI=1S/C22H17ClN2O3/c1-27-20-11-14(9-17(12-24)22(25)26)10-19(23)21(20)28-13-16-7-4-6-15-5-2-3-8-18(15)16/h2-11H,13H2,1H3,(H2,25,26). The van der Waals surface area contributed by atoms with Gasteiger partial charge in [0.15, 0.2) is 11.5 Å². The molecule has 3 aromatic carbocycles. The van der Waals surface area contributed by atoms with E-state index in [1.54, 1.807) is 18.2 Å². The topological polar surface area (TPSA) is 85.3 Å². The van der Waals surface area contributed by atoms with Crippen LogP contribution < -0.4 is 15.2 Å². The molecule has 0 spiro atoms. The quantitative estimate of drug-likeness (QED) is 0.495. The summed E-state index contributed by atoms with van der Waals surface area (Å²) in [5, 5.41) is 11.5. The fraction of sp³-hybridized carbons (Fsp3) is 0.0909. The van der Waals surface area contributed by atoms with Crippen molar-refractivity contribution in [2.75, 3.05) is 7.11 Å². The Morgan fingerprint density at radius 3 is 2.68 bits per heavy atom. The lowest BCUT2D eigenvalue weighted by atomic mass is 10.1. The molecule has 0 aliphatic carbocycles. The Morgan fingerprint density at radius 2 is 1.96 bits per heavy atom. The Hall–Kier alpha value is -3.49. The van der Waals surface area contributed by atoms with Gasteiger partial charge in [0.1, 0.15) is 18.2 Å². The number of carbonyl (C=O) groups excluding carboxylic acids is 1. The van der Waals surface area contributed by atoms with Crippen LogP contribution in [0.25, 0.3) is 16.8 Å². The number of halogens is 1. The van der Waals surface area contributed by atoms with E-state index in [2.05, 4.69) is 0 Å². The van der Waals surface area contributed by atoms with Gasteiger partial charge in [-0.05, 0) is 40.1 Å². The van der Waals surface area contributed by atoms with Crippen LogP contribution in [0.3, 0.4) is 0 Å². The molecule has 0 bridgehead atoms. The van der Waals surface area contributed by atoms with E-state index in [9.17, 15) is 4.79 Å². The van der Waals surface area contributed by atoms with Crippen LogP contribution in [-0.4, -0.2) is 13.0 Å². The van der Waals surface area contributed by atoms with Crippen molar-refractivity contribution in [1.29, 1.82) is 5.26 Å². The molecule has 0 unspecified atom stereocenters. The summed E-state index contributed by atoms with van der Waals surface area (Å²) in [6.45, 7) is 0.303. The number of carbonyl (C=O) groups is 1. The summed E-state index contributed by atoms with van der Waals surface area (Å²) in [7, 11) is 1.49. The molecule has 3 rings (SSSR count). The summed E-state index contributed by atoms with van der Waals surface area (Å²) in [6, 6.07) is 19.0. The zero-order valence-electron chi connectivity index (χ0n) is 15.1. The van der Waals surface area contributed by atoms with E-state index in [1.807, 2.05) is 42.5 Å². The molecule has 0 radical (unpaired) electrons. The number of nitriles is 1. The minimum absolute atomic E-state index is 0.178. The average molecular weight is 393 g/mol. The Labute approximate surface area is 167 Å². The number of hydrogen-bond acceptors (Lipinski definition) is 4. The van der Waals surface area contributed by atoms with Crippen molar-refractivity contribution in [2.24, 2.45) is 5.73 Å². The molecular weight excluding hydrogens is 376 g/mol. The van der Waals surface area contributed by atoms with Crippen molar-refractivity contribution < 1.29 is 14.3 Å². The number of amides is 1. The van der Waals surface area contributed by atoms with Crippen molar-refractivity contribution in [3.05, 3.63) is 76.3 Å². The number of hydrogen-bond donors (Lipinski definition) is 1. The molecule has 3 aromatic rings. The van der Waals surface area contributed by atoms with Crippen molar-refractivity contribution in [3.63, 3.8) is 0 Å². The first kappa shape index (κ1) is 19.3. The number of rotatable bonds is 6. The van der Waals surface area contributed by atoms with Gasteiger partial charge in [0, 0.05) is 0 Å². The second-order valence-corrected chi connectivity index (χ2v) is 6.40. The molecule has 2 N–H and O–H groups in total. The van der Waals surface area contributed by atoms with E-state index in [-0.39, 0.29) is 5.57 Å². The molecule has 0 aliphatic heterocycles. The van der Waals surface area contributed by atoms with Crippen molar-refractivity contribution in [1.82, 2.24) is 0 Å². The van der Waals surface area contributed by atoms with E-state index in [0.29, 0.717) is 28.7 Å². The third kappa shape index (κ3) is 4.08. The highest BCUT2D eigenvalue weighted by molar-refractivity contribution is 6.32. The molecule has 140 valence electrons. The predicted molar refractivity (Wildman–Crippen MR) is 109 cm³/mol. The first-order valence-electron chi connectivity index (χ1n) is 8.42. The predicted octanol–water partition coefficient (Wildman–Crippen LogP) is 4.47. The molecule has 0 fully saturated rings. The average Bonchev–Trinajstić information content (AvgIpc) is 2.70. The minimum Gasteiger partial charge on any atom is -0.493 e. The van der Waals surface area contributed by atoms with Gasteiger partial charge in [-0.3, -0.25) is 4.79 Å². The molecule has 0 aliphatic rings. The monoisotopic (exact) mass is 392 g/mol. The smallest absolute Gasteiger partial charge is 0.259 e. The highest BCUT2D eigenvalue weighted by atomic mass is 35.5. The summed E-state index contributed by atoms with van der Waals surface area (Å²) in [5.41, 5.74) is 6.52. The lowest BCUT2D eigenvalue weighted by molar-refractivity contribution is -0.114. The second-order valence-electron chi connectivity index (χ2n) is 6.00. The normalized spacial score (nSPS) is 11.1. The highest BCUT2D eigenvalue weighted by Crippen LogP contribution is 2.38. The zero-order chi connectivity index (χ0) is 20.1. The van der Waals surface area contributed by atoms with Crippen LogP contribution in [0.1, 0.15) is 11.1 Å². The SMILES string of the molecule is COc1cc(C=C(C#N)C(N)=O)cc(Cl)c1OCc1cccc2ccccc12. The van der Waals surface area contributed by atoms with E-state index >= 15 is 0 Å². The number of fused-ring (bicyclic) bond motifs is 1. The zero-order valence-corrected chi connectivity index (χ0v) is 15.9. The Kier molecular flexibility index (Phi) is 5.83. The maximum atomic E-state index is 11.3. The van der Waals surface area contributed by atoms with Crippen molar-refractivity contribution >= 4 is 34.4 Å². The Bertz CT molecular complexity index is 1110. The maximum absolute atomic E-state index is 11.3. The van der Waals surface area contributed by atoms with E-state index < -0.39 is 5.91 Å². The van der Waals surface area contributed by atoms with E-state index in [1.165, 1.54) is 13.2 Å². The summed E-state index contributed by atoms with van der Waals surface area (Å²) in [4.78, 5) is 11.3. The van der Waals surface area contributed by atoms with Crippen LogP contribution in [0.4, 0.5) is 0 Å². The summed E-state index contributed by atoms with van der Waals surface area (Å²) in [5.74, 6) is -0.0403. The van der Waals surface area contributed by atoms with E-state index in [0.717, 1.165) is 16.3 Å². The first-order chi connectivity index (χ1) is 13.5. The molecule has 0 aromatic heterocycles. The highest BCUT2D eigenvalue weighted by Gasteiger charge is 2.14. The van der Waals surface area contributed by atoms with Crippen molar-refractivity contribution in [3.8, 4) is 17.6 Å². The third-order valence-corrected chi connectivity index (χ3v) is 4.48. The molecule has 5 nitrogen and oxygen atoms in total. The number of ether oxygens (including phenoxy) is 2. The number of nitrogens with zero attached hydrogens (tertiary/aromatic N) is 1. The van der Waals surface area contributed by atoms with E-state index in [4.69, 9.17) is 32.1 Å². The number of methoxy groups -OCH3 is 1. The van der Waals surface area contributed by atoms with Crippen LogP contribution in [0.15, 0.2) is 60.2 Å². The van der Waals surface area contributed by atoms with Crippen LogP contribution in [0.5, 0.6) is 11.5 Å².